The largest absolute Gasteiger partial charge is 0.348 e. The van der Waals surface area contributed by atoms with Crippen LogP contribution in [0.25, 0.3) is 11.1 Å². The van der Waals surface area contributed by atoms with Crippen LogP contribution in [0.1, 0.15) is 51.6 Å². The van der Waals surface area contributed by atoms with Crippen molar-refractivity contribution in [3.63, 3.8) is 0 Å². The number of hydrogen-bond acceptors (Lipinski definition) is 5. The topological polar surface area (TPSA) is 71.3 Å². The van der Waals surface area contributed by atoms with Crippen molar-refractivity contribution in [1.29, 1.82) is 0 Å². The number of amides is 1. The zero-order chi connectivity index (χ0) is 19.0. The molecule has 0 unspecified atom stereocenters. The van der Waals surface area contributed by atoms with Crippen LogP contribution in [0.4, 0.5) is 0 Å². The maximum Gasteiger partial charge on any atom is 0.259 e. The van der Waals surface area contributed by atoms with Crippen molar-refractivity contribution in [2.24, 2.45) is 0 Å². The minimum Gasteiger partial charge on any atom is -0.348 e. The van der Waals surface area contributed by atoms with Crippen molar-refractivity contribution in [3.05, 3.63) is 58.4 Å². The first kappa shape index (κ1) is 17.7. The van der Waals surface area contributed by atoms with Crippen LogP contribution in [-0.2, 0) is 13.1 Å². The highest BCUT2D eigenvalue weighted by atomic mass is 16.5. The van der Waals surface area contributed by atoms with Crippen molar-refractivity contribution in [3.8, 4) is 0 Å². The Bertz CT molecular complexity index is 989. The predicted molar refractivity (Wildman–Crippen MR) is 104 cm³/mol. The van der Waals surface area contributed by atoms with Crippen molar-refractivity contribution in [1.82, 2.24) is 20.4 Å². The Morgan fingerprint density at radius 1 is 1.26 bits per heavy atom. The number of aromatic nitrogens is 2. The Balaban J connectivity index is 1.60. The van der Waals surface area contributed by atoms with Gasteiger partial charge in [0.15, 0.2) is 0 Å². The summed E-state index contributed by atoms with van der Waals surface area (Å²) in [7, 11) is 4.08. The minimum atomic E-state index is -0.116. The lowest BCUT2D eigenvalue weighted by Crippen LogP contribution is -2.24. The lowest BCUT2D eigenvalue weighted by Gasteiger charge is -2.15. The van der Waals surface area contributed by atoms with Crippen LogP contribution in [0.2, 0.25) is 0 Å². The molecule has 1 amide bonds. The molecule has 1 aromatic carbocycles. The Hall–Kier alpha value is -2.73. The second kappa shape index (κ2) is 7.12. The smallest absolute Gasteiger partial charge is 0.259 e. The zero-order valence-electron chi connectivity index (χ0n) is 16.0. The molecule has 6 heteroatoms. The molecule has 27 heavy (non-hydrogen) atoms. The molecule has 1 fully saturated rings. The van der Waals surface area contributed by atoms with E-state index in [4.69, 9.17) is 4.52 Å². The Morgan fingerprint density at radius 2 is 2.00 bits per heavy atom. The molecule has 3 aromatic rings. The van der Waals surface area contributed by atoms with E-state index in [1.165, 1.54) is 5.56 Å². The van der Waals surface area contributed by atoms with E-state index in [1.807, 2.05) is 39.2 Å². The highest BCUT2D eigenvalue weighted by Crippen LogP contribution is 2.40. The third-order valence-electron chi connectivity index (χ3n) is 4.92. The SMILES string of the molecule is Cc1noc2nc(C3CC3)cc(C(=O)NCc3ccccc3CN(C)C)c12. The fourth-order valence-electron chi connectivity index (χ4n) is 3.38. The number of hydrogen-bond donors (Lipinski definition) is 1. The molecule has 2 heterocycles. The third-order valence-corrected chi connectivity index (χ3v) is 4.92. The number of aryl methyl sites for hydroxylation is 1. The lowest BCUT2D eigenvalue weighted by atomic mass is 10.1. The van der Waals surface area contributed by atoms with Gasteiger partial charge in [-0.05, 0) is 51.1 Å². The standard InChI is InChI=1S/C21H24N4O2/c1-13-19-17(10-18(14-8-9-14)23-21(19)27-24-13)20(26)22-11-15-6-4-5-7-16(15)12-25(2)3/h4-7,10,14H,8-9,11-12H2,1-3H3,(H,22,26). The summed E-state index contributed by atoms with van der Waals surface area (Å²) in [6.07, 6.45) is 2.23. The van der Waals surface area contributed by atoms with Gasteiger partial charge >= 0.3 is 0 Å². The van der Waals surface area contributed by atoms with E-state index in [-0.39, 0.29) is 5.91 Å². The van der Waals surface area contributed by atoms with Gasteiger partial charge in [0.05, 0.1) is 16.6 Å². The van der Waals surface area contributed by atoms with Crippen LogP contribution in [0.3, 0.4) is 0 Å². The molecule has 2 aromatic heterocycles. The number of nitrogens with one attached hydrogen (secondary N) is 1. The van der Waals surface area contributed by atoms with Gasteiger partial charge in [0.1, 0.15) is 0 Å². The maximum absolute atomic E-state index is 13.0. The summed E-state index contributed by atoms with van der Waals surface area (Å²) in [4.78, 5) is 19.7. The van der Waals surface area contributed by atoms with E-state index in [2.05, 4.69) is 32.5 Å². The number of pyridine rings is 1. The third kappa shape index (κ3) is 3.71. The normalized spacial score (nSPS) is 14.1. The summed E-state index contributed by atoms with van der Waals surface area (Å²) in [6, 6.07) is 10.1. The van der Waals surface area contributed by atoms with Gasteiger partial charge in [-0.1, -0.05) is 29.4 Å². The van der Waals surface area contributed by atoms with E-state index in [1.54, 1.807) is 0 Å². The van der Waals surface area contributed by atoms with E-state index in [0.717, 1.165) is 30.6 Å². The second-order valence-corrected chi connectivity index (χ2v) is 7.51. The summed E-state index contributed by atoms with van der Waals surface area (Å²) in [6.45, 7) is 3.16. The summed E-state index contributed by atoms with van der Waals surface area (Å²) in [5.41, 5.74) is 5.01. The molecule has 0 aliphatic heterocycles. The highest BCUT2D eigenvalue weighted by Gasteiger charge is 2.28. The first-order valence-corrected chi connectivity index (χ1v) is 9.29. The van der Waals surface area contributed by atoms with Gasteiger partial charge in [-0.2, -0.15) is 0 Å². The molecular formula is C21H24N4O2. The summed E-state index contributed by atoms with van der Waals surface area (Å²) < 4.78 is 5.34. The predicted octanol–water partition coefficient (Wildman–Crippen LogP) is 3.40. The van der Waals surface area contributed by atoms with Gasteiger partial charge in [0.25, 0.3) is 11.6 Å². The molecule has 1 saturated carbocycles. The van der Waals surface area contributed by atoms with Gasteiger partial charge < -0.3 is 14.7 Å². The van der Waals surface area contributed by atoms with Crippen LogP contribution in [-0.4, -0.2) is 35.0 Å². The molecule has 6 nitrogen and oxygen atoms in total. The van der Waals surface area contributed by atoms with Gasteiger partial charge in [-0.15, -0.1) is 0 Å². The average molecular weight is 364 g/mol. The Labute approximate surface area is 158 Å². The number of rotatable bonds is 6. The fourth-order valence-corrected chi connectivity index (χ4v) is 3.38. The summed E-state index contributed by atoms with van der Waals surface area (Å²) in [5, 5.41) is 7.78. The van der Waals surface area contributed by atoms with Gasteiger partial charge in [-0.25, -0.2) is 4.98 Å². The molecule has 0 spiro atoms. The lowest BCUT2D eigenvalue weighted by molar-refractivity contribution is 0.0952. The van der Waals surface area contributed by atoms with Crippen molar-refractivity contribution >= 4 is 17.0 Å². The molecule has 1 aliphatic carbocycles. The van der Waals surface area contributed by atoms with Crippen LogP contribution in [0.15, 0.2) is 34.9 Å². The van der Waals surface area contributed by atoms with E-state index in [9.17, 15) is 4.79 Å². The van der Waals surface area contributed by atoms with Crippen molar-refractivity contribution in [2.75, 3.05) is 14.1 Å². The molecular weight excluding hydrogens is 340 g/mol. The molecule has 1 N–H and O–H groups in total. The monoisotopic (exact) mass is 364 g/mol. The van der Waals surface area contributed by atoms with Gasteiger partial charge in [0.2, 0.25) is 0 Å². The minimum absolute atomic E-state index is 0.116. The average Bonchev–Trinajstić information content (AvgIpc) is 3.43. The molecule has 140 valence electrons. The Morgan fingerprint density at radius 3 is 2.70 bits per heavy atom. The summed E-state index contributed by atoms with van der Waals surface area (Å²) >= 11 is 0. The fraction of sp³-hybridized carbons (Fsp3) is 0.381. The van der Waals surface area contributed by atoms with Gasteiger partial charge in [0, 0.05) is 24.7 Å². The van der Waals surface area contributed by atoms with E-state index < -0.39 is 0 Å². The van der Waals surface area contributed by atoms with E-state index in [0.29, 0.717) is 34.8 Å². The molecule has 0 radical (unpaired) electrons. The first-order chi connectivity index (χ1) is 13.0. The number of benzene rings is 1. The van der Waals surface area contributed by atoms with Crippen molar-refractivity contribution in [2.45, 2.75) is 38.8 Å². The van der Waals surface area contributed by atoms with Crippen LogP contribution in [0, 0.1) is 6.92 Å². The maximum atomic E-state index is 13.0. The molecule has 0 saturated heterocycles. The molecule has 0 atom stereocenters. The van der Waals surface area contributed by atoms with E-state index >= 15 is 0 Å². The molecule has 1 aliphatic rings. The number of nitrogens with zero attached hydrogens (tertiary/aromatic N) is 3. The highest BCUT2D eigenvalue weighted by molar-refractivity contribution is 6.06. The van der Waals surface area contributed by atoms with Crippen LogP contribution >= 0.6 is 0 Å². The molecule has 4 rings (SSSR count). The van der Waals surface area contributed by atoms with Crippen molar-refractivity contribution < 1.29 is 9.32 Å². The van der Waals surface area contributed by atoms with Crippen LogP contribution < -0.4 is 5.32 Å². The van der Waals surface area contributed by atoms with Gasteiger partial charge in [-0.3, -0.25) is 4.79 Å². The zero-order valence-corrected chi connectivity index (χ0v) is 16.0. The molecule has 0 bridgehead atoms. The number of fused-ring (bicyclic) bond motifs is 1. The number of carbonyl (C=O) groups is 1. The van der Waals surface area contributed by atoms with Crippen LogP contribution in [0.5, 0.6) is 0 Å². The quantitative estimate of drug-likeness (QED) is 0.726. The summed E-state index contributed by atoms with van der Waals surface area (Å²) in [5.74, 6) is 0.322. The number of carbonyl (C=O) groups excluding carboxylic acids is 1. The first-order valence-electron chi connectivity index (χ1n) is 9.29. The Kier molecular flexibility index (Phi) is 4.66. The second-order valence-electron chi connectivity index (χ2n) is 7.51.